The van der Waals surface area contributed by atoms with Crippen molar-refractivity contribution in [2.45, 2.75) is 39.2 Å². The smallest absolute Gasteiger partial charge is 0.0127 e. The van der Waals surface area contributed by atoms with Crippen LogP contribution in [0.1, 0.15) is 33.6 Å². The summed E-state index contributed by atoms with van der Waals surface area (Å²) in [5, 5.41) is 3.49. The normalized spacial score (nSPS) is 34.3. The van der Waals surface area contributed by atoms with Gasteiger partial charge in [0.1, 0.15) is 0 Å². The van der Waals surface area contributed by atoms with E-state index in [2.05, 4.69) is 26.1 Å². The number of nitrogens with one attached hydrogen (secondary N) is 1. The molecule has 1 atom stereocenters. The number of piperidine rings is 1. The summed E-state index contributed by atoms with van der Waals surface area (Å²) in [6.07, 6.45) is 2.68. The number of hydrogen-bond acceptors (Lipinski definition) is 1. The van der Waals surface area contributed by atoms with Crippen LogP contribution in [0.5, 0.6) is 0 Å². The molecule has 1 aliphatic heterocycles. The molecule has 0 amide bonds. The maximum absolute atomic E-state index is 3.49. The zero-order valence-electron chi connectivity index (χ0n) is 6.70. The highest BCUT2D eigenvalue weighted by Crippen LogP contribution is 2.22. The van der Waals surface area contributed by atoms with Gasteiger partial charge >= 0.3 is 0 Å². The van der Waals surface area contributed by atoms with Crippen LogP contribution in [0, 0.1) is 5.92 Å². The Labute approximate surface area is 57.8 Å². The maximum Gasteiger partial charge on any atom is 0.0127 e. The van der Waals surface area contributed by atoms with Crippen LogP contribution < -0.4 is 5.32 Å². The largest absolute Gasteiger partial charge is 0.312 e. The molecule has 1 aliphatic rings. The van der Waals surface area contributed by atoms with Gasteiger partial charge in [0.25, 0.3) is 0 Å². The lowest BCUT2D eigenvalue weighted by Crippen LogP contribution is -2.45. The summed E-state index contributed by atoms with van der Waals surface area (Å²) in [4.78, 5) is 0. The Morgan fingerprint density at radius 2 is 2.11 bits per heavy atom. The molecule has 0 aromatic carbocycles. The zero-order chi connectivity index (χ0) is 6.91. The Bertz CT molecular complexity index is 96.7. The van der Waals surface area contributed by atoms with E-state index < -0.39 is 0 Å². The third-order valence-corrected chi connectivity index (χ3v) is 2.10. The van der Waals surface area contributed by atoms with Crippen LogP contribution in [-0.4, -0.2) is 12.1 Å². The molecule has 1 heteroatoms. The summed E-state index contributed by atoms with van der Waals surface area (Å²) in [6, 6.07) is 0. The Kier molecular flexibility index (Phi) is 1.80. The average molecular weight is 127 g/mol. The van der Waals surface area contributed by atoms with Crippen molar-refractivity contribution in [2.24, 2.45) is 5.92 Å². The monoisotopic (exact) mass is 127 g/mol. The van der Waals surface area contributed by atoms with Gasteiger partial charge < -0.3 is 5.32 Å². The lowest BCUT2D eigenvalue weighted by molar-refractivity contribution is 0.243. The molecule has 1 fully saturated rings. The molecule has 54 valence electrons. The van der Waals surface area contributed by atoms with Crippen molar-refractivity contribution in [1.29, 1.82) is 0 Å². The zero-order valence-corrected chi connectivity index (χ0v) is 6.70. The molecular formula is C8H17N. The second-order valence-corrected chi connectivity index (χ2v) is 3.91. The second kappa shape index (κ2) is 2.30. The van der Waals surface area contributed by atoms with Gasteiger partial charge in [-0.05, 0) is 39.2 Å². The van der Waals surface area contributed by atoms with Gasteiger partial charge in [-0.3, -0.25) is 0 Å². The Morgan fingerprint density at radius 3 is 2.44 bits per heavy atom. The van der Waals surface area contributed by atoms with E-state index in [4.69, 9.17) is 0 Å². The van der Waals surface area contributed by atoms with E-state index in [1.807, 2.05) is 0 Å². The molecule has 0 aromatic heterocycles. The molecular weight excluding hydrogens is 110 g/mol. The molecule has 1 rings (SSSR count). The van der Waals surface area contributed by atoms with Gasteiger partial charge in [0.05, 0.1) is 0 Å². The van der Waals surface area contributed by atoms with E-state index >= 15 is 0 Å². The molecule has 0 aromatic rings. The molecule has 1 N–H and O–H groups in total. The van der Waals surface area contributed by atoms with Gasteiger partial charge in [-0.2, -0.15) is 0 Å². The summed E-state index contributed by atoms with van der Waals surface area (Å²) in [5.74, 6) is 0.918. The average Bonchev–Trinajstić information content (AvgIpc) is 1.60. The van der Waals surface area contributed by atoms with Gasteiger partial charge in [-0.25, -0.2) is 0 Å². The quantitative estimate of drug-likeness (QED) is 0.523. The molecule has 9 heavy (non-hydrogen) atoms. The van der Waals surface area contributed by atoms with Crippen LogP contribution in [0.3, 0.4) is 0 Å². The summed E-state index contributed by atoms with van der Waals surface area (Å²) < 4.78 is 0. The maximum atomic E-state index is 3.49. The predicted molar refractivity (Wildman–Crippen MR) is 40.5 cm³/mol. The highest BCUT2D eigenvalue weighted by molar-refractivity contribution is 4.83. The SMILES string of the molecule is C[C@H]1CCNC(C)(C)C1. The van der Waals surface area contributed by atoms with E-state index in [0.29, 0.717) is 5.54 Å². The van der Waals surface area contributed by atoms with Crippen LogP contribution in [0.15, 0.2) is 0 Å². The molecule has 1 nitrogen and oxygen atoms in total. The first kappa shape index (κ1) is 7.07. The fourth-order valence-corrected chi connectivity index (χ4v) is 1.70. The summed E-state index contributed by atoms with van der Waals surface area (Å²) >= 11 is 0. The van der Waals surface area contributed by atoms with Crippen LogP contribution in [-0.2, 0) is 0 Å². The summed E-state index contributed by atoms with van der Waals surface area (Å²) in [5.41, 5.74) is 0.400. The Morgan fingerprint density at radius 1 is 1.44 bits per heavy atom. The Balaban J connectivity index is 2.41. The van der Waals surface area contributed by atoms with Crippen LogP contribution in [0.2, 0.25) is 0 Å². The summed E-state index contributed by atoms with van der Waals surface area (Å²) in [7, 11) is 0. The van der Waals surface area contributed by atoms with E-state index in [1.54, 1.807) is 0 Å². The number of rotatable bonds is 0. The van der Waals surface area contributed by atoms with Crippen molar-refractivity contribution in [3.8, 4) is 0 Å². The second-order valence-electron chi connectivity index (χ2n) is 3.91. The molecule has 1 heterocycles. The van der Waals surface area contributed by atoms with E-state index in [9.17, 15) is 0 Å². The van der Waals surface area contributed by atoms with Crippen molar-refractivity contribution < 1.29 is 0 Å². The van der Waals surface area contributed by atoms with Crippen molar-refractivity contribution >= 4 is 0 Å². The van der Waals surface area contributed by atoms with Crippen LogP contribution in [0.4, 0.5) is 0 Å². The molecule has 0 spiro atoms. The predicted octanol–water partition coefficient (Wildman–Crippen LogP) is 1.78. The van der Waals surface area contributed by atoms with Gasteiger partial charge in [0.15, 0.2) is 0 Å². The van der Waals surface area contributed by atoms with Crippen LogP contribution >= 0.6 is 0 Å². The van der Waals surface area contributed by atoms with Crippen molar-refractivity contribution in [3.63, 3.8) is 0 Å². The third kappa shape index (κ3) is 1.98. The van der Waals surface area contributed by atoms with E-state index in [0.717, 1.165) is 5.92 Å². The minimum atomic E-state index is 0.400. The summed E-state index contributed by atoms with van der Waals surface area (Å²) in [6.45, 7) is 8.10. The molecule has 0 radical (unpaired) electrons. The van der Waals surface area contributed by atoms with Gasteiger partial charge in [-0.15, -0.1) is 0 Å². The highest BCUT2D eigenvalue weighted by atomic mass is 15.0. The first-order chi connectivity index (χ1) is 4.10. The fourth-order valence-electron chi connectivity index (χ4n) is 1.70. The van der Waals surface area contributed by atoms with Gasteiger partial charge in [-0.1, -0.05) is 6.92 Å². The molecule has 0 unspecified atom stereocenters. The Hall–Kier alpha value is -0.0400. The van der Waals surface area contributed by atoms with Crippen molar-refractivity contribution in [3.05, 3.63) is 0 Å². The lowest BCUT2D eigenvalue weighted by atomic mass is 9.86. The van der Waals surface area contributed by atoms with E-state index in [1.165, 1.54) is 19.4 Å². The third-order valence-electron chi connectivity index (χ3n) is 2.10. The van der Waals surface area contributed by atoms with Crippen molar-refractivity contribution in [2.75, 3.05) is 6.54 Å². The fraction of sp³-hybridized carbons (Fsp3) is 1.00. The standard InChI is InChI=1S/C8H17N/c1-7-4-5-9-8(2,3)6-7/h7,9H,4-6H2,1-3H3/t7-/m0/s1. The molecule has 1 saturated heterocycles. The van der Waals surface area contributed by atoms with Crippen molar-refractivity contribution in [1.82, 2.24) is 5.32 Å². The minimum absolute atomic E-state index is 0.400. The first-order valence-corrected chi connectivity index (χ1v) is 3.85. The lowest BCUT2D eigenvalue weighted by Gasteiger charge is -2.34. The van der Waals surface area contributed by atoms with Gasteiger partial charge in [0.2, 0.25) is 0 Å². The van der Waals surface area contributed by atoms with E-state index in [-0.39, 0.29) is 0 Å². The van der Waals surface area contributed by atoms with Crippen LogP contribution in [0.25, 0.3) is 0 Å². The minimum Gasteiger partial charge on any atom is -0.312 e. The molecule has 0 aliphatic carbocycles. The highest BCUT2D eigenvalue weighted by Gasteiger charge is 2.23. The molecule has 0 bridgehead atoms. The topological polar surface area (TPSA) is 12.0 Å². The molecule has 0 saturated carbocycles. The first-order valence-electron chi connectivity index (χ1n) is 3.85. The number of hydrogen-bond donors (Lipinski definition) is 1. The van der Waals surface area contributed by atoms with Gasteiger partial charge in [0, 0.05) is 5.54 Å².